The molecule has 1 atom stereocenters. The second-order valence-corrected chi connectivity index (χ2v) is 3.36. The van der Waals surface area contributed by atoms with Crippen molar-refractivity contribution in [3.05, 3.63) is 12.2 Å². The fraction of sp³-hybridized carbons (Fsp3) is 0.667. The van der Waals surface area contributed by atoms with Crippen molar-refractivity contribution in [3.63, 3.8) is 0 Å². The average molecular weight is 154 g/mol. The van der Waals surface area contributed by atoms with Crippen LogP contribution < -0.4 is 5.32 Å². The zero-order chi connectivity index (χ0) is 9.07. The molecular weight excluding hydrogens is 136 g/mol. The lowest BCUT2D eigenvalue weighted by Crippen LogP contribution is -2.40. The van der Waals surface area contributed by atoms with Gasteiger partial charge in [0.25, 0.3) is 0 Å². The van der Waals surface area contributed by atoms with E-state index < -0.39 is 0 Å². The SMILES string of the molecule is C=C(C(C)C=N)C(C)(C)NC. The second-order valence-electron chi connectivity index (χ2n) is 3.36. The zero-order valence-electron chi connectivity index (χ0n) is 7.86. The van der Waals surface area contributed by atoms with E-state index in [0.717, 1.165) is 5.57 Å². The molecule has 0 rings (SSSR count). The molecule has 0 amide bonds. The molecule has 11 heavy (non-hydrogen) atoms. The molecule has 0 aliphatic rings. The molecule has 0 aliphatic carbocycles. The molecule has 1 unspecified atom stereocenters. The predicted octanol–water partition coefficient (Wildman–Crippen LogP) is 1.83. The molecule has 0 fully saturated rings. The van der Waals surface area contributed by atoms with Gasteiger partial charge in [0, 0.05) is 17.7 Å². The molecule has 2 nitrogen and oxygen atoms in total. The summed E-state index contributed by atoms with van der Waals surface area (Å²) in [5.74, 6) is 0.150. The van der Waals surface area contributed by atoms with Crippen molar-refractivity contribution in [2.75, 3.05) is 7.05 Å². The molecule has 0 aromatic carbocycles. The van der Waals surface area contributed by atoms with Crippen molar-refractivity contribution in [1.82, 2.24) is 5.32 Å². The monoisotopic (exact) mass is 154 g/mol. The van der Waals surface area contributed by atoms with Crippen molar-refractivity contribution < 1.29 is 0 Å². The van der Waals surface area contributed by atoms with Gasteiger partial charge in [0.2, 0.25) is 0 Å². The Labute approximate surface area is 69.2 Å². The third kappa shape index (κ3) is 2.46. The average Bonchev–Trinajstić information content (AvgIpc) is 2.01. The minimum atomic E-state index is -0.0725. The highest BCUT2D eigenvalue weighted by atomic mass is 14.9. The van der Waals surface area contributed by atoms with Crippen molar-refractivity contribution >= 4 is 6.21 Å². The number of rotatable bonds is 4. The summed E-state index contributed by atoms with van der Waals surface area (Å²) in [5, 5.41) is 10.2. The Kier molecular flexibility index (Phi) is 3.46. The predicted molar refractivity (Wildman–Crippen MR) is 50.2 cm³/mol. The Hall–Kier alpha value is -0.630. The van der Waals surface area contributed by atoms with Crippen LogP contribution in [0.15, 0.2) is 12.2 Å². The lowest BCUT2D eigenvalue weighted by atomic mass is 9.87. The molecule has 0 aliphatic heterocycles. The van der Waals surface area contributed by atoms with Gasteiger partial charge in [-0.3, -0.25) is 0 Å². The van der Waals surface area contributed by atoms with Gasteiger partial charge in [-0.05, 0) is 26.5 Å². The van der Waals surface area contributed by atoms with Crippen LogP contribution in [0.5, 0.6) is 0 Å². The molecule has 0 spiro atoms. The van der Waals surface area contributed by atoms with Crippen LogP contribution in [0.25, 0.3) is 0 Å². The number of hydrogen-bond donors (Lipinski definition) is 2. The van der Waals surface area contributed by atoms with Gasteiger partial charge in [0.1, 0.15) is 0 Å². The molecule has 0 saturated heterocycles. The van der Waals surface area contributed by atoms with E-state index in [9.17, 15) is 0 Å². The summed E-state index contributed by atoms with van der Waals surface area (Å²) in [6.07, 6.45) is 1.42. The van der Waals surface area contributed by atoms with E-state index in [-0.39, 0.29) is 11.5 Å². The maximum atomic E-state index is 7.08. The van der Waals surface area contributed by atoms with E-state index >= 15 is 0 Å². The summed E-state index contributed by atoms with van der Waals surface area (Å²) in [6.45, 7) is 10.1. The van der Waals surface area contributed by atoms with Gasteiger partial charge in [0.05, 0.1) is 0 Å². The van der Waals surface area contributed by atoms with Crippen molar-refractivity contribution in [3.8, 4) is 0 Å². The van der Waals surface area contributed by atoms with E-state index in [2.05, 4.69) is 25.7 Å². The fourth-order valence-electron chi connectivity index (χ4n) is 0.830. The molecule has 0 aromatic heterocycles. The third-order valence-electron chi connectivity index (χ3n) is 2.23. The van der Waals surface area contributed by atoms with Gasteiger partial charge < -0.3 is 10.7 Å². The van der Waals surface area contributed by atoms with Crippen LogP contribution in [-0.2, 0) is 0 Å². The number of nitrogens with one attached hydrogen (secondary N) is 2. The van der Waals surface area contributed by atoms with Gasteiger partial charge in [-0.15, -0.1) is 0 Å². The topological polar surface area (TPSA) is 35.9 Å². The van der Waals surface area contributed by atoms with Crippen LogP contribution in [0.2, 0.25) is 0 Å². The van der Waals surface area contributed by atoms with Crippen LogP contribution in [0.3, 0.4) is 0 Å². The molecule has 0 bridgehead atoms. The van der Waals surface area contributed by atoms with Crippen molar-refractivity contribution in [1.29, 1.82) is 5.41 Å². The summed E-state index contributed by atoms with van der Waals surface area (Å²) >= 11 is 0. The Balaban J connectivity index is 4.34. The first kappa shape index (κ1) is 10.4. The summed E-state index contributed by atoms with van der Waals surface area (Å²) < 4.78 is 0. The Morgan fingerprint density at radius 2 is 2.09 bits per heavy atom. The van der Waals surface area contributed by atoms with Crippen LogP contribution in [0.4, 0.5) is 0 Å². The third-order valence-corrected chi connectivity index (χ3v) is 2.23. The van der Waals surface area contributed by atoms with Gasteiger partial charge in [0.15, 0.2) is 0 Å². The highest BCUT2D eigenvalue weighted by molar-refractivity contribution is 5.61. The summed E-state index contributed by atoms with van der Waals surface area (Å²) in [7, 11) is 1.90. The standard InChI is InChI=1S/C9H18N2/c1-7(6-10)8(2)9(3,4)11-5/h6-7,10-11H,2H2,1,3-5H3. The van der Waals surface area contributed by atoms with E-state index in [1.807, 2.05) is 14.0 Å². The molecule has 0 radical (unpaired) electrons. The van der Waals surface area contributed by atoms with Gasteiger partial charge in [-0.25, -0.2) is 0 Å². The Morgan fingerprint density at radius 3 is 2.36 bits per heavy atom. The summed E-state index contributed by atoms with van der Waals surface area (Å²) in [6, 6.07) is 0. The highest BCUT2D eigenvalue weighted by Gasteiger charge is 2.21. The first-order valence-corrected chi connectivity index (χ1v) is 3.84. The molecule has 2 heteroatoms. The Morgan fingerprint density at radius 1 is 1.64 bits per heavy atom. The van der Waals surface area contributed by atoms with Gasteiger partial charge in [-0.2, -0.15) is 0 Å². The molecule has 64 valence electrons. The molecule has 2 N–H and O–H groups in total. The minimum Gasteiger partial charge on any atom is -0.312 e. The maximum absolute atomic E-state index is 7.08. The smallest absolute Gasteiger partial charge is 0.0337 e. The number of hydrogen-bond acceptors (Lipinski definition) is 2. The van der Waals surface area contributed by atoms with E-state index in [1.165, 1.54) is 6.21 Å². The molecular formula is C9H18N2. The lowest BCUT2D eigenvalue weighted by Gasteiger charge is -2.29. The summed E-state index contributed by atoms with van der Waals surface area (Å²) in [5.41, 5.74) is 0.978. The Bertz CT molecular complexity index is 159. The van der Waals surface area contributed by atoms with Gasteiger partial charge in [-0.1, -0.05) is 13.5 Å². The van der Waals surface area contributed by atoms with Crippen LogP contribution in [-0.4, -0.2) is 18.8 Å². The quantitative estimate of drug-likeness (QED) is 0.470. The molecule has 0 heterocycles. The lowest BCUT2D eigenvalue weighted by molar-refractivity contribution is 0.472. The van der Waals surface area contributed by atoms with Crippen LogP contribution in [0.1, 0.15) is 20.8 Å². The molecule has 0 aromatic rings. The summed E-state index contributed by atoms with van der Waals surface area (Å²) in [4.78, 5) is 0. The first-order valence-electron chi connectivity index (χ1n) is 3.84. The zero-order valence-corrected chi connectivity index (χ0v) is 7.86. The highest BCUT2D eigenvalue weighted by Crippen LogP contribution is 2.19. The largest absolute Gasteiger partial charge is 0.312 e. The van der Waals surface area contributed by atoms with E-state index in [1.54, 1.807) is 0 Å². The van der Waals surface area contributed by atoms with Crippen LogP contribution in [0, 0.1) is 11.3 Å². The van der Waals surface area contributed by atoms with Gasteiger partial charge >= 0.3 is 0 Å². The second kappa shape index (κ2) is 3.67. The van der Waals surface area contributed by atoms with E-state index in [0.29, 0.717) is 0 Å². The van der Waals surface area contributed by atoms with Crippen LogP contribution >= 0.6 is 0 Å². The van der Waals surface area contributed by atoms with Crippen molar-refractivity contribution in [2.24, 2.45) is 5.92 Å². The first-order chi connectivity index (χ1) is 4.95. The normalized spacial score (nSPS) is 14.2. The van der Waals surface area contributed by atoms with Crippen molar-refractivity contribution in [2.45, 2.75) is 26.3 Å². The fourth-order valence-corrected chi connectivity index (χ4v) is 0.830. The maximum Gasteiger partial charge on any atom is 0.0337 e. The minimum absolute atomic E-state index is 0.0725. The number of likely N-dealkylation sites (N-methyl/N-ethyl adjacent to an activating group) is 1. The van der Waals surface area contributed by atoms with E-state index in [4.69, 9.17) is 5.41 Å². The molecule has 0 saturated carbocycles.